The minimum atomic E-state index is -1.01. The van der Waals surface area contributed by atoms with Gasteiger partial charge >= 0.3 is 11.9 Å². The number of nitrogens with zero attached hydrogens (tertiary/aromatic N) is 2. The van der Waals surface area contributed by atoms with Gasteiger partial charge in [0.2, 0.25) is 0 Å². The molecule has 26 heavy (non-hydrogen) atoms. The number of aromatic nitrogens is 2. The molecule has 2 aromatic heterocycles. The van der Waals surface area contributed by atoms with Crippen molar-refractivity contribution in [1.82, 2.24) is 9.97 Å². The Hall–Kier alpha value is -2.76. The third-order valence-electron chi connectivity index (χ3n) is 4.23. The van der Waals surface area contributed by atoms with Gasteiger partial charge in [-0.2, -0.15) is 0 Å². The van der Waals surface area contributed by atoms with E-state index >= 15 is 0 Å². The van der Waals surface area contributed by atoms with Crippen LogP contribution in [0.3, 0.4) is 0 Å². The Kier molecular flexibility index (Phi) is 5.16. The molecule has 0 saturated carbocycles. The van der Waals surface area contributed by atoms with Crippen LogP contribution in [0.25, 0.3) is 0 Å². The molecule has 0 bridgehead atoms. The van der Waals surface area contributed by atoms with Crippen molar-refractivity contribution < 1.29 is 19.8 Å². The Morgan fingerprint density at radius 2 is 1.65 bits per heavy atom. The number of hydrogen-bond acceptors (Lipinski definition) is 4. The fraction of sp³-hybridized carbons (Fsp3) is 0.400. The molecule has 2 aromatic rings. The quantitative estimate of drug-likeness (QED) is 0.847. The third-order valence-corrected chi connectivity index (χ3v) is 4.23. The molecule has 0 aliphatic carbocycles. The van der Waals surface area contributed by atoms with Gasteiger partial charge in [0, 0.05) is 28.9 Å². The van der Waals surface area contributed by atoms with Crippen molar-refractivity contribution in [1.29, 1.82) is 0 Å². The van der Waals surface area contributed by atoms with Crippen molar-refractivity contribution in [2.75, 3.05) is 0 Å². The van der Waals surface area contributed by atoms with E-state index < -0.39 is 17.4 Å². The van der Waals surface area contributed by atoms with Gasteiger partial charge in [0.05, 0.1) is 16.8 Å². The van der Waals surface area contributed by atoms with Crippen LogP contribution in [0.15, 0.2) is 30.6 Å². The molecule has 0 aliphatic rings. The molecule has 138 valence electrons. The highest BCUT2D eigenvalue weighted by Gasteiger charge is 2.27. The Morgan fingerprint density at radius 1 is 1.00 bits per heavy atom. The van der Waals surface area contributed by atoms with E-state index in [0.29, 0.717) is 17.8 Å². The monoisotopic (exact) mass is 356 g/mol. The second kappa shape index (κ2) is 6.86. The van der Waals surface area contributed by atoms with Crippen LogP contribution in [-0.4, -0.2) is 32.1 Å². The lowest BCUT2D eigenvalue weighted by molar-refractivity contribution is 0.0684. The summed E-state index contributed by atoms with van der Waals surface area (Å²) in [6, 6.07) is 4.65. The second-order valence-corrected chi connectivity index (χ2v) is 8.09. The highest BCUT2D eigenvalue weighted by atomic mass is 16.4. The van der Waals surface area contributed by atoms with Gasteiger partial charge in [-0.25, -0.2) is 9.59 Å². The summed E-state index contributed by atoms with van der Waals surface area (Å²) < 4.78 is 0. The summed E-state index contributed by atoms with van der Waals surface area (Å²) in [6.07, 6.45) is 3.65. The fourth-order valence-electron chi connectivity index (χ4n) is 2.90. The average Bonchev–Trinajstić information content (AvgIpc) is 2.53. The second-order valence-electron chi connectivity index (χ2n) is 8.09. The molecule has 2 heterocycles. The van der Waals surface area contributed by atoms with Gasteiger partial charge in [0.15, 0.2) is 0 Å². The Balaban J connectivity index is 2.41. The van der Waals surface area contributed by atoms with E-state index in [1.165, 1.54) is 12.3 Å². The van der Waals surface area contributed by atoms with Crippen LogP contribution in [0.2, 0.25) is 0 Å². The molecule has 0 radical (unpaired) electrons. The van der Waals surface area contributed by atoms with E-state index in [9.17, 15) is 14.7 Å². The highest BCUT2D eigenvalue weighted by molar-refractivity contribution is 5.89. The number of rotatable bonds is 5. The molecular weight excluding hydrogens is 332 g/mol. The molecule has 2 N–H and O–H groups in total. The van der Waals surface area contributed by atoms with Gasteiger partial charge in [0.25, 0.3) is 0 Å². The van der Waals surface area contributed by atoms with Crippen molar-refractivity contribution in [2.45, 2.75) is 51.9 Å². The van der Waals surface area contributed by atoms with Crippen molar-refractivity contribution >= 4 is 11.9 Å². The Labute approximate surface area is 152 Å². The number of hydrogen-bond donors (Lipinski definition) is 2. The van der Waals surface area contributed by atoms with Gasteiger partial charge in [-0.3, -0.25) is 9.97 Å². The highest BCUT2D eigenvalue weighted by Crippen LogP contribution is 2.29. The van der Waals surface area contributed by atoms with Crippen LogP contribution in [-0.2, 0) is 17.3 Å². The normalized spacial score (nSPS) is 12.0. The largest absolute Gasteiger partial charge is 0.478 e. The number of carboxylic acids is 2. The number of carboxylic acid groups (broad SMARTS) is 2. The lowest BCUT2D eigenvalue weighted by Crippen LogP contribution is -2.24. The molecule has 6 nitrogen and oxygen atoms in total. The van der Waals surface area contributed by atoms with Crippen LogP contribution >= 0.6 is 0 Å². The zero-order valence-electron chi connectivity index (χ0n) is 15.7. The van der Waals surface area contributed by atoms with Crippen LogP contribution in [0, 0.1) is 0 Å². The summed E-state index contributed by atoms with van der Waals surface area (Å²) in [5, 5.41) is 18.7. The molecule has 0 aliphatic heterocycles. The van der Waals surface area contributed by atoms with E-state index in [2.05, 4.69) is 9.97 Å². The smallest absolute Gasteiger partial charge is 0.337 e. The first kappa shape index (κ1) is 19.6. The van der Waals surface area contributed by atoms with Crippen molar-refractivity contribution in [2.24, 2.45) is 0 Å². The van der Waals surface area contributed by atoms with Crippen LogP contribution in [0.4, 0.5) is 0 Å². The molecule has 0 spiro atoms. The zero-order chi connectivity index (χ0) is 19.7. The predicted octanol–water partition coefficient (Wildman–Crippen LogP) is 3.69. The Bertz CT molecular complexity index is 851. The van der Waals surface area contributed by atoms with E-state index in [1.807, 2.05) is 34.6 Å². The Morgan fingerprint density at radius 3 is 2.19 bits per heavy atom. The zero-order valence-corrected chi connectivity index (χ0v) is 15.7. The van der Waals surface area contributed by atoms with Gasteiger partial charge in [0.1, 0.15) is 0 Å². The number of pyridine rings is 2. The molecule has 2 rings (SSSR count). The summed E-state index contributed by atoms with van der Waals surface area (Å²) in [4.78, 5) is 31.5. The summed E-state index contributed by atoms with van der Waals surface area (Å²) in [5.74, 6) is -2.01. The number of aromatic carboxylic acids is 2. The van der Waals surface area contributed by atoms with E-state index in [4.69, 9.17) is 5.11 Å². The van der Waals surface area contributed by atoms with Gasteiger partial charge in [-0.05, 0) is 30.2 Å². The molecule has 0 atom stereocenters. The van der Waals surface area contributed by atoms with E-state index in [-0.39, 0.29) is 16.5 Å². The molecule has 0 saturated heterocycles. The van der Waals surface area contributed by atoms with Crippen LogP contribution in [0.1, 0.15) is 72.3 Å². The maximum atomic E-state index is 11.7. The standard InChI is InChI=1S/C20H24N2O4/c1-19(2,3)16-14(18(25)26)8-12(11-22-16)10-20(4,5)15-9-13(17(23)24)6-7-21-15/h6-9,11H,10H2,1-5H3,(H,23,24)(H,25,26). The van der Waals surface area contributed by atoms with Gasteiger partial charge in [-0.1, -0.05) is 34.6 Å². The lowest BCUT2D eigenvalue weighted by Gasteiger charge is -2.26. The first-order valence-corrected chi connectivity index (χ1v) is 8.34. The van der Waals surface area contributed by atoms with E-state index in [0.717, 1.165) is 5.56 Å². The molecule has 0 unspecified atom stereocenters. The summed E-state index contributed by atoms with van der Waals surface area (Å²) in [5.41, 5.74) is 1.45. The molecule has 0 amide bonds. The lowest BCUT2D eigenvalue weighted by atomic mass is 9.81. The molecule has 0 aromatic carbocycles. The van der Waals surface area contributed by atoms with Gasteiger partial charge in [-0.15, -0.1) is 0 Å². The maximum absolute atomic E-state index is 11.7. The summed E-state index contributed by atoms with van der Waals surface area (Å²) in [7, 11) is 0. The van der Waals surface area contributed by atoms with Crippen LogP contribution in [0.5, 0.6) is 0 Å². The molecule has 0 fully saturated rings. The van der Waals surface area contributed by atoms with Crippen molar-refractivity contribution in [3.8, 4) is 0 Å². The van der Waals surface area contributed by atoms with Crippen molar-refractivity contribution in [3.63, 3.8) is 0 Å². The predicted molar refractivity (Wildman–Crippen MR) is 97.8 cm³/mol. The maximum Gasteiger partial charge on any atom is 0.337 e. The first-order chi connectivity index (χ1) is 11.9. The SMILES string of the molecule is CC(C)(C)c1ncc(CC(C)(C)c2cc(C(=O)O)ccn2)cc1C(=O)O. The average molecular weight is 356 g/mol. The number of carbonyl (C=O) groups is 2. The minimum absolute atomic E-state index is 0.176. The van der Waals surface area contributed by atoms with Crippen molar-refractivity contribution in [3.05, 3.63) is 58.7 Å². The third kappa shape index (κ3) is 4.25. The molecule has 6 heteroatoms. The summed E-state index contributed by atoms with van der Waals surface area (Å²) >= 11 is 0. The van der Waals surface area contributed by atoms with Gasteiger partial charge < -0.3 is 10.2 Å². The summed E-state index contributed by atoms with van der Waals surface area (Å²) in [6.45, 7) is 9.66. The fourth-order valence-corrected chi connectivity index (χ4v) is 2.90. The first-order valence-electron chi connectivity index (χ1n) is 8.34. The molecular formula is C20H24N2O4. The topological polar surface area (TPSA) is 100 Å². The minimum Gasteiger partial charge on any atom is -0.478 e. The van der Waals surface area contributed by atoms with Crippen LogP contribution < -0.4 is 0 Å². The van der Waals surface area contributed by atoms with E-state index in [1.54, 1.807) is 18.3 Å².